The van der Waals surface area contributed by atoms with E-state index in [1.807, 2.05) is 6.07 Å². The molecule has 0 radical (unpaired) electrons. The Bertz CT molecular complexity index is 1720. The first-order valence-corrected chi connectivity index (χ1v) is 14.0. The standard InChI is InChI=1S/C32H27F6N3O/c1-18-14-25(32(36,37)38)23-15-21(8-9-26(23)39-18)41-12-10-30(11-13-41)16-20(17-30)27-28(40-42-29(27)19-6-7-19)22-4-2-3-5-24(22)31(33,34)35/h2-5,8-9,14-16,19H,6-7,10-13,17H2,1H3. The zero-order chi connectivity index (χ0) is 29.4. The molecule has 0 amide bonds. The fraction of sp³-hybridized carbons (Fsp3) is 0.375. The molecule has 0 unspecified atom stereocenters. The zero-order valence-corrected chi connectivity index (χ0v) is 22.7. The summed E-state index contributed by atoms with van der Waals surface area (Å²) in [5, 5.41) is 4.24. The van der Waals surface area contributed by atoms with E-state index in [0.717, 1.165) is 49.1 Å². The van der Waals surface area contributed by atoms with Crippen LogP contribution in [-0.4, -0.2) is 23.2 Å². The van der Waals surface area contributed by atoms with Gasteiger partial charge >= 0.3 is 12.4 Å². The number of aromatic nitrogens is 2. The number of alkyl halides is 6. The Hall–Kier alpha value is -3.82. The molecule has 2 aromatic carbocycles. The number of allylic oxidation sites excluding steroid dienone is 2. The van der Waals surface area contributed by atoms with Gasteiger partial charge in [-0.3, -0.25) is 4.98 Å². The van der Waals surface area contributed by atoms with Gasteiger partial charge in [-0.25, -0.2) is 0 Å². The number of pyridine rings is 1. The van der Waals surface area contributed by atoms with Crippen molar-refractivity contribution >= 4 is 22.2 Å². The zero-order valence-electron chi connectivity index (χ0n) is 22.7. The maximum Gasteiger partial charge on any atom is 0.417 e. The second-order valence-electron chi connectivity index (χ2n) is 11.8. The van der Waals surface area contributed by atoms with Crippen molar-refractivity contribution in [2.75, 3.05) is 18.0 Å². The minimum Gasteiger partial charge on any atom is -0.371 e. The molecule has 1 saturated carbocycles. The summed E-state index contributed by atoms with van der Waals surface area (Å²) in [7, 11) is 0. The van der Waals surface area contributed by atoms with Crippen molar-refractivity contribution < 1.29 is 30.9 Å². The van der Waals surface area contributed by atoms with E-state index in [4.69, 9.17) is 4.52 Å². The molecule has 7 rings (SSSR count). The first kappa shape index (κ1) is 27.0. The molecule has 0 N–H and O–H groups in total. The van der Waals surface area contributed by atoms with E-state index in [2.05, 4.69) is 21.1 Å². The predicted octanol–water partition coefficient (Wildman–Crippen LogP) is 9.19. The molecule has 3 aliphatic rings. The summed E-state index contributed by atoms with van der Waals surface area (Å²) >= 11 is 0. The highest BCUT2D eigenvalue weighted by molar-refractivity contribution is 5.87. The minimum atomic E-state index is -4.52. The number of aryl methyl sites for hydroxylation is 1. The summed E-state index contributed by atoms with van der Waals surface area (Å²) in [4.78, 5) is 6.38. The number of halogens is 6. The van der Waals surface area contributed by atoms with Crippen molar-refractivity contribution in [1.82, 2.24) is 10.1 Å². The lowest BCUT2D eigenvalue weighted by Crippen LogP contribution is -2.42. The van der Waals surface area contributed by atoms with Crippen LogP contribution >= 0.6 is 0 Å². The number of rotatable bonds is 4. The molecule has 42 heavy (non-hydrogen) atoms. The number of fused-ring (bicyclic) bond motifs is 1. The van der Waals surface area contributed by atoms with Crippen molar-refractivity contribution in [2.45, 2.75) is 57.3 Å². The molecule has 3 heterocycles. The number of nitrogens with zero attached hydrogens (tertiary/aromatic N) is 3. The first-order valence-electron chi connectivity index (χ1n) is 14.0. The summed E-state index contributed by atoms with van der Waals surface area (Å²) in [6.07, 6.45) is -2.73. The topological polar surface area (TPSA) is 42.2 Å². The van der Waals surface area contributed by atoms with E-state index in [0.29, 0.717) is 42.0 Å². The lowest BCUT2D eigenvalue weighted by molar-refractivity contribution is -0.137. The quantitative estimate of drug-likeness (QED) is 0.225. The Kier molecular flexibility index (Phi) is 6.01. The lowest BCUT2D eigenvalue weighted by Gasteiger charge is -2.47. The number of hydrogen-bond acceptors (Lipinski definition) is 4. The highest BCUT2D eigenvalue weighted by atomic mass is 19.4. The molecule has 1 spiro atoms. The van der Waals surface area contributed by atoms with Crippen molar-refractivity contribution in [1.29, 1.82) is 0 Å². The normalized spacial score (nSPS) is 18.8. The van der Waals surface area contributed by atoms with Gasteiger partial charge in [0.15, 0.2) is 0 Å². The third-order valence-corrected chi connectivity index (χ3v) is 8.85. The molecular weight excluding hydrogens is 556 g/mol. The van der Waals surface area contributed by atoms with Crippen LogP contribution in [0.5, 0.6) is 0 Å². The fourth-order valence-electron chi connectivity index (χ4n) is 6.55. The molecule has 0 bridgehead atoms. The van der Waals surface area contributed by atoms with Gasteiger partial charge < -0.3 is 9.42 Å². The molecule has 2 fully saturated rings. The highest BCUT2D eigenvalue weighted by Crippen LogP contribution is 2.56. The molecular formula is C32H27F6N3O. The van der Waals surface area contributed by atoms with Crippen LogP contribution in [0.15, 0.2) is 59.1 Å². The third-order valence-electron chi connectivity index (χ3n) is 8.85. The van der Waals surface area contributed by atoms with Gasteiger partial charge in [0.2, 0.25) is 0 Å². The van der Waals surface area contributed by atoms with E-state index < -0.39 is 23.5 Å². The summed E-state index contributed by atoms with van der Waals surface area (Å²) in [5.41, 5.74) is 1.73. The van der Waals surface area contributed by atoms with E-state index in [-0.39, 0.29) is 28.0 Å². The van der Waals surface area contributed by atoms with Crippen LogP contribution in [0.3, 0.4) is 0 Å². The van der Waals surface area contributed by atoms with Gasteiger partial charge in [0, 0.05) is 46.9 Å². The second-order valence-corrected chi connectivity index (χ2v) is 11.8. The van der Waals surface area contributed by atoms with Crippen LogP contribution in [0.4, 0.5) is 32.0 Å². The summed E-state index contributed by atoms with van der Waals surface area (Å²) < 4.78 is 88.5. The number of anilines is 1. The number of piperidine rings is 1. The fourth-order valence-corrected chi connectivity index (χ4v) is 6.55. The lowest BCUT2D eigenvalue weighted by atomic mass is 9.63. The summed E-state index contributed by atoms with van der Waals surface area (Å²) in [6, 6.07) is 11.6. The summed E-state index contributed by atoms with van der Waals surface area (Å²) in [6.45, 7) is 2.86. The van der Waals surface area contributed by atoms with Crippen molar-refractivity contribution in [3.63, 3.8) is 0 Å². The molecule has 2 aliphatic carbocycles. The van der Waals surface area contributed by atoms with E-state index in [1.165, 1.54) is 12.1 Å². The Balaban J connectivity index is 1.16. The molecule has 1 saturated heterocycles. The SMILES string of the molecule is Cc1cc(C(F)(F)F)c2cc(N3CCC4(C=C(c5c(-c6ccccc6C(F)(F)F)noc5C5CC5)C4)CC3)ccc2n1. The van der Waals surface area contributed by atoms with Crippen LogP contribution in [0.1, 0.15) is 66.2 Å². The maximum atomic E-state index is 13.9. The smallest absolute Gasteiger partial charge is 0.371 e. The third kappa shape index (κ3) is 4.65. The van der Waals surface area contributed by atoms with Gasteiger partial charge in [0.05, 0.1) is 16.6 Å². The van der Waals surface area contributed by atoms with E-state index in [9.17, 15) is 26.3 Å². The highest BCUT2D eigenvalue weighted by Gasteiger charge is 2.45. The van der Waals surface area contributed by atoms with Gasteiger partial charge in [-0.2, -0.15) is 26.3 Å². The second kappa shape index (κ2) is 9.34. The minimum absolute atomic E-state index is 0.0199. The van der Waals surface area contributed by atoms with Gasteiger partial charge in [-0.1, -0.05) is 29.4 Å². The van der Waals surface area contributed by atoms with Crippen LogP contribution in [-0.2, 0) is 12.4 Å². The number of benzene rings is 2. The molecule has 10 heteroatoms. The van der Waals surface area contributed by atoms with Crippen LogP contribution in [0.2, 0.25) is 0 Å². The van der Waals surface area contributed by atoms with Gasteiger partial charge in [0.1, 0.15) is 11.5 Å². The van der Waals surface area contributed by atoms with Crippen LogP contribution in [0.25, 0.3) is 27.7 Å². The monoisotopic (exact) mass is 583 g/mol. The van der Waals surface area contributed by atoms with Crippen LogP contribution < -0.4 is 4.90 Å². The molecule has 4 nitrogen and oxygen atoms in total. The Morgan fingerprint density at radius 3 is 2.26 bits per heavy atom. The maximum absolute atomic E-state index is 13.9. The average molecular weight is 584 g/mol. The van der Waals surface area contributed by atoms with Crippen LogP contribution in [0, 0.1) is 12.3 Å². The Morgan fingerprint density at radius 2 is 1.60 bits per heavy atom. The summed E-state index contributed by atoms with van der Waals surface area (Å²) in [5.74, 6) is 0.840. The molecule has 4 aromatic rings. The largest absolute Gasteiger partial charge is 0.417 e. The first-order chi connectivity index (χ1) is 19.9. The molecule has 218 valence electrons. The average Bonchev–Trinajstić information content (AvgIpc) is 3.68. The number of hydrogen-bond donors (Lipinski definition) is 0. The van der Waals surface area contributed by atoms with Crippen molar-refractivity contribution in [3.8, 4) is 11.3 Å². The Labute approximate surface area is 238 Å². The van der Waals surface area contributed by atoms with Crippen molar-refractivity contribution in [2.24, 2.45) is 5.41 Å². The van der Waals surface area contributed by atoms with E-state index in [1.54, 1.807) is 25.1 Å². The molecule has 1 aliphatic heterocycles. The Morgan fingerprint density at radius 1 is 0.905 bits per heavy atom. The molecule has 2 aromatic heterocycles. The molecule has 0 atom stereocenters. The van der Waals surface area contributed by atoms with E-state index >= 15 is 0 Å². The van der Waals surface area contributed by atoms with Gasteiger partial charge in [-0.15, -0.1) is 0 Å². The van der Waals surface area contributed by atoms with Gasteiger partial charge in [0.25, 0.3) is 0 Å². The van der Waals surface area contributed by atoms with Gasteiger partial charge in [-0.05, 0) is 80.3 Å². The van der Waals surface area contributed by atoms with Crippen molar-refractivity contribution in [3.05, 3.63) is 82.8 Å². The predicted molar refractivity (Wildman–Crippen MR) is 147 cm³/mol.